The number of halogens is 3. The molecule has 35 heavy (non-hydrogen) atoms. The fourth-order valence-electron chi connectivity index (χ4n) is 3.95. The van der Waals surface area contributed by atoms with Crippen LogP contribution in [0.1, 0.15) is 29.5 Å². The lowest BCUT2D eigenvalue weighted by Crippen LogP contribution is -2.37. The molecule has 1 aliphatic heterocycles. The zero-order valence-electron chi connectivity index (χ0n) is 19.2. The topological polar surface area (TPSA) is 90.9 Å². The summed E-state index contributed by atoms with van der Waals surface area (Å²) in [4.78, 5) is 10.6. The number of nitrogens with one attached hydrogen (secondary N) is 2. The molecule has 0 spiro atoms. The normalized spacial score (nSPS) is 14.7. The van der Waals surface area contributed by atoms with Crippen molar-refractivity contribution in [2.24, 2.45) is 0 Å². The molecule has 0 aliphatic carbocycles. The number of hydrogen-bond acceptors (Lipinski definition) is 6. The van der Waals surface area contributed by atoms with Gasteiger partial charge >= 0.3 is 6.18 Å². The van der Waals surface area contributed by atoms with Gasteiger partial charge in [0.25, 0.3) is 0 Å². The molecule has 9 heteroatoms. The molecule has 1 saturated heterocycles. The van der Waals surface area contributed by atoms with Crippen molar-refractivity contribution < 1.29 is 13.2 Å². The van der Waals surface area contributed by atoms with Gasteiger partial charge in [-0.3, -0.25) is 5.41 Å². The Morgan fingerprint density at radius 2 is 1.77 bits per heavy atom. The lowest BCUT2D eigenvalue weighted by Gasteiger charge is -2.30. The fourth-order valence-corrected chi connectivity index (χ4v) is 3.95. The Kier molecular flexibility index (Phi) is 7.03. The molecular weight excluding hydrogens is 453 g/mol. The van der Waals surface area contributed by atoms with Gasteiger partial charge in [0.15, 0.2) is 0 Å². The minimum absolute atomic E-state index is 0.0389. The third kappa shape index (κ3) is 5.97. The number of benzene rings is 2. The fraction of sp³-hybridized carbons (Fsp3) is 0.269. The van der Waals surface area contributed by atoms with Gasteiger partial charge in [-0.05, 0) is 74.3 Å². The molecule has 1 aromatic heterocycles. The van der Waals surface area contributed by atoms with E-state index in [2.05, 4.69) is 39.1 Å². The summed E-state index contributed by atoms with van der Waals surface area (Å²) in [5.41, 5.74) is 7.25. The number of rotatable bonds is 4. The van der Waals surface area contributed by atoms with Crippen molar-refractivity contribution in [3.05, 3.63) is 71.5 Å². The van der Waals surface area contributed by atoms with E-state index in [1.165, 1.54) is 12.4 Å². The predicted octanol–water partition coefficient (Wildman–Crippen LogP) is 4.67. The van der Waals surface area contributed by atoms with E-state index in [4.69, 9.17) is 11.1 Å². The number of piperidine rings is 1. The molecule has 0 amide bonds. The van der Waals surface area contributed by atoms with Gasteiger partial charge < -0.3 is 16.0 Å². The standard InChI is InChI=1S/C26H25F3N6/c1-35-12-10-21(11-13-35)34-25-23(24(31)32-16-33-25)22(30)9-8-17-4-2-5-18(14-17)19-6-3-7-20(15-19)26(27,28)29/h2-7,14-16,21,30H,10-13H2,1H3,(H3,31,32,33,34). The quantitative estimate of drug-likeness (QED) is 0.375. The average molecular weight is 479 g/mol. The first-order valence-electron chi connectivity index (χ1n) is 11.1. The summed E-state index contributed by atoms with van der Waals surface area (Å²) in [6, 6.07) is 12.2. The summed E-state index contributed by atoms with van der Waals surface area (Å²) in [5, 5.41) is 11.9. The number of aromatic nitrogens is 2. The number of nitrogens with two attached hydrogens (primary N) is 1. The molecule has 1 fully saturated rings. The summed E-state index contributed by atoms with van der Waals surface area (Å²) < 4.78 is 39.3. The van der Waals surface area contributed by atoms with Gasteiger partial charge in [0.1, 0.15) is 23.7 Å². The first-order valence-corrected chi connectivity index (χ1v) is 11.1. The van der Waals surface area contributed by atoms with Gasteiger partial charge in [-0.25, -0.2) is 9.97 Å². The second kappa shape index (κ2) is 10.2. The highest BCUT2D eigenvalue weighted by molar-refractivity contribution is 6.16. The lowest BCUT2D eigenvalue weighted by molar-refractivity contribution is -0.137. The van der Waals surface area contributed by atoms with Crippen molar-refractivity contribution in [3.63, 3.8) is 0 Å². The molecule has 6 nitrogen and oxygen atoms in total. The summed E-state index contributed by atoms with van der Waals surface area (Å²) in [5.74, 6) is 6.36. The first-order chi connectivity index (χ1) is 16.7. The number of nitrogens with zero attached hydrogens (tertiary/aromatic N) is 3. The van der Waals surface area contributed by atoms with Gasteiger partial charge in [0.05, 0.1) is 11.1 Å². The summed E-state index contributed by atoms with van der Waals surface area (Å²) in [7, 11) is 2.08. The lowest BCUT2D eigenvalue weighted by atomic mass is 10.0. The third-order valence-corrected chi connectivity index (χ3v) is 5.90. The molecule has 3 aromatic rings. The van der Waals surface area contributed by atoms with Crippen molar-refractivity contribution in [1.29, 1.82) is 5.41 Å². The molecule has 2 heterocycles. The summed E-state index contributed by atoms with van der Waals surface area (Å²) in [6.45, 7) is 1.93. The predicted molar refractivity (Wildman–Crippen MR) is 131 cm³/mol. The Labute approximate surface area is 201 Å². The van der Waals surface area contributed by atoms with E-state index in [9.17, 15) is 13.2 Å². The highest BCUT2D eigenvalue weighted by Crippen LogP contribution is 2.32. The maximum absolute atomic E-state index is 13.1. The van der Waals surface area contributed by atoms with Crippen LogP contribution in [0, 0.1) is 17.3 Å². The van der Waals surface area contributed by atoms with E-state index >= 15 is 0 Å². The van der Waals surface area contributed by atoms with Crippen molar-refractivity contribution in [2.75, 3.05) is 31.2 Å². The number of alkyl halides is 3. The largest absolute Gasteiger partial charge is 0.416 e. The number of anilines is 2. The smallest absolute Gasteiger partial charge is 0.383 e. The molecule has 0 atom stereocenters. The van der Waals surface area contributed by atoms with Crippen LogP contribution in [-0.4, -0.2) is 46.8 Å². The van der Waals surface area contributed by atoms with Crippen LogP contribution in [0.5, 0.6) is 0 Å². The third-order valence-electron chi connectivity index (χ3n) is 5.90. The Morgan fingerprint density at radius 3 is 2.49 bits per heavy atom. The van der Waals surface area contributed by atoms with E-state index in [0.717, 1.165) is 38.1 Å². The second-order valence-electron chi connectivity index (χ2n) is 8.49. The molecule has 1 aliphatic rings. The Bertz CT molecular complexity index is 1280. The Morgan fingerprint density at radius 1 is 1.09 bits per heavy atom. The molecule has 0 unspecified atom stereocenters. The zero-order valence-corrected chi connectivity index (χ0v) is 19.2. The number of likely N-dealkylation sites (tertiary alicyclic amines) is 1. The molecular formula is C26H25F3N6. The highest BCUT2D eigenvalue weighted by Gasteiger charge is 2.30. The van der Waals surface area contributed by atoms with Gasteiger partial charge in [0.2, 0.25) is 0 Å². The molecule has 180 valence electrons. The van der Waals surface area contributed by atoms with Crippen LogP contribution in [0.2, 0.25) is 0 Å². The van der Waals surface area contributed by atoms with Crippen LogP contribution in [-0.2, 0) is 6.18 Å². The molecule has 4 N–H and O–H groups in total. The molecule has 2 aromatic carbocycles. The monoisotopic (exact) mass is 478 g/mol. The summed E-state index contributed by atoms with van der Waals surface area (Å²) in [6.07, 6.45) is -1.17. The van der Waals surface area contributed by atoms with Crippen molar-refractivity contribution in [1.82, 2.24) is 14.9 Å². The van der Waals surface area contributed by atoms with Crippen LogP contribution in [0.3, 0.4) is 0 Å². The van der Waals surface area contributed by atoms with Crippen molar-refractivity contribution in [3.8, 4) is 23.0 Å². The van der Waals surface area contributed by atoms with E-state index in [1.54, 1.807) is 30.3 Å². The molecule has 4 rings (SSSR count). The average Bonchev–Trinajstić information content (AvgIpc) is 2.84. The van der Waals surface area contributed by atoms with Gasteiger partial charge in [-0.2, -0.15) is 13.2 Å². The second-order valence-corrected chi connectivity index (χ2v) is 8.49. The highest BCUT2D eigenvalue weighted by atomic mass is 19.4. The maximum atomic E-state index is 13.1. The van der Waals surface area contributed by atoms with Crippen molar-refractivity contribution in [2.45, 2.75) is 25.1 Å². The first kappa shape index (κ1) is 24.2. The van der Waals surface area contributed by atoms with Gasteiger partial charge in [-0.15, -0.1) is 0 Å². The van der Waals surface area contributed by atoms with Crippen molar-refractivity contribution >= 4 is 17.3 Å². The van der Waals surface area contributed by atoms with E-state index in [1.807, 2.05) is 0 Å². The summed E-state index contributed by atoms with van der Waals surface area (Å²) >= 11 is 0. The van der Waals surface area contributed by atoms with E-state index < -0.39 is 11.7 Å². The SMILES string of the molecule is CN1CCC(Nc2ncnc(N)c2C(=N)C#Cc2cccc(-c3cccc(C(F)(F)F)c3)c2)CC1. The number of hydrogen-bond donors (Lipinski definition) is 3. The molecule has 0 bridgehead atoms. The van der Waals surface area contributed by atoms with Crippen LogP contribution < -0.4 is 11.1 Å². The number of nitrogen functional groups attached to an aromatic ring is 1. The molecule has 0 saturated carbocycles. The van der Waals surface area contributed by atoms with Gasteiger partial charge in [-0.1, -0.05) is 30.2 Å². The Hall–Kier alpha value is -3.90. The van der Waals surface area contributed by atoms with Crippen LogP contribution in [0.25, 0.3) is 11.1 Å². The van der Waals surface area contributed by atoms with E-state index in [0.29, 0.717) is 28.1 Å². The minimum Gasteiger partial charge on any atom is -0.383 e. The Balaban J connectivity index is 1.57. The van der Waals surface area contributed by atoms with Crippen LogP contribution in [0.15, 0.2) is 54.9 Å². The zero-order chi connectivity index (χ0) is 25.0. The van der Waals surface area contributed by atoms with Crippen LogP contribution >= 0.6 is 0 Å². The maximum Gasteiger partial charge on any atom is 0.416 e. The van der Waals surface area contributed by atoms with Gasteiger partial charge in [0, 0.05) is 11.6 Å². The van der Waals surface area contributed by atoms with Crippen LogP contribution in [0.4, 0.5) is 24.8 Å². The minimum atomic E-state index is -4.42. The molecule has 0 radical (unpaired) electrons. The van der Waals surface area contributed by atoms with E-state index in [-0.39, 0.29) is 17.6 Å².